The van der Waals surface area contributed by atoms with E-state index in [-0.39, 0.29) is 23.5 Å². The Morgan fingerprint density at radius 3 is 2.68 bits per heavy atom. The van der Waals surface area contributed by atoms with E-state index in [1.54, 1.807) is 22.8 Å². The number of amides is 2. The van der Waals surface area contributed by atoms with Gasteiger partial charge in [0.15, 0.2) is 5.82 Å². The molecule has 2 aromatic rings. The Morgan fingerprint density at radius 2 is 2.04 bits per heavy atom. The molecule has 1 N–H and O–H groups in total. The highest BCUT2D eigenvalue weighted by atomic mass is 19.1. The fraction of sp³-hybridized carbons (Fsp3) is 0.545. The molecule has 1 aliphatic heterocycles. The molecule has 5 nitrogen and oxygen atoms in total. The number of hydrogen-bond donors (Lipinski definition) is 1. The second-order valence-corrected chi connectivity index (χ2v) is 8.22. The Hall–Kier alpha value is -2.37. The molecule has 0 unspecified atom stereocenters. The van der Waals surface area contributed by atoms with Crippen LogP contribution in [0.3, 0.4) is 0 Å². The highest BCUT2D eigenvalue weighted by molar-refractivity contribution is 5.99. The molecule has 1 saturated heterocycles. The molecule has 0 radical (unpaired) electrons. The van der Waals surface area contributed by atoms with E-state index < -0.39 is 0 Å². The maximum atomic E-state index is 15.5. The Bertz CT molecular complexity index is 931. The van der Waals surface area contributed by atoms with E-state index in [9.17, 15) is 9.59 Å². The summed E-state index contributed by atoms with van der Waals surface area (Å²) in [7, 11) is 1.81. The SMILES string of the molecule is CCc1cc([C@H]2CCCN(C(C)=O)C2)c(F)c2[nH]c(C(=O)N(C)C3CC3)cc12. The number of H-pyrrole nitrogens is 1. The molecule has 6 heteroatoms. The van der Waals surface area contributed by atoms with Crippen molar-refractivity contribution in [2.75, 3.05) is 20.1 Å². The molecule has 2 fully saturated rings. The van der Waals surface area contributed by atoms with Crippen LogP contribution in [-0.4, -0.2) is 52.8 Å². The number of hydrogen-bond acceptors (Lipinski definition) is 2. The van der Waals surface area contributed by atoms with Crippen molar-refractivity contribution in [2.45, 2.75) is 57.9 Å². The number of carbonyl (C=O) groups is 2. The molecular weight excluding hydrogens is 357 g/mol. The van der Waals surface area contributed by atoms with Crippen molar-refractivity contribution >= 4 is 22.7 Å². The zero-order chi connectivity index (χ0) is 20.0. The van der Waals surface area contributed by atoms with Gasteiger partial charge in [-0.05, 0) is 49.3 Å². The number of carbonyl (C=O) groups excluding carboxylic acids is 2. The van der Waals surface area contributed by atoms with Gasteiger partial charge in [0.05, 0.1) is 5.52 Å². The van der Waals surface area contributed by atoms with Gasteiger partial charge in [0.2, 0.25) is 5.91 Å². The average molecular weight is 385 g/mol. The van der Waals surface area contributed by atoms with Gasteiger partial charge < -0.3 is 14.8 Å². The van der Waals surface area contributed by atoms with E-state index in [0.29, 0.717) is 29.4 Å². The lowest BCUT2D eigenvalue weighted by atomic mass is 9.88. The van der Waals surface area contributed by atoms with Gasteiger partial charge in [-0.2, -0.15) is 0 Å². The van der Waals surface area contributed by atoms with Gasteiger partial charge >= 0.3 is 0 Å². The first-order valence-corrected chi connectivity index (χ1v) is 10.3. The molecular formula is C22H28FN3O2. The van der Waals surface area contributed by atoms with Crippen molar-refractivity contribution in [1.29, 1.82) is 0 Å². The number of benzene rings is 1. The first kappa shape index (κ1) is 19.0. The minimum absolute atomic E-state index is 0.0102. The van der Waals surface area contributed by atoms with Crippen molar-refractivity contribution < 1.29 is 14.0 Å². The average Bonchev–Trinajstić information content (AvgIpc) is 3.45. The fourth-order valence-electron chi connectivity index (χ4n) is 4.39. The van der Waals surface area contributed by atoms with Gasteiger partial charge in [-0.25, -0.2) is 4.39 Å². The Kier molecular flexibility index (Phi) is 4.89. The lowest BCUT2D eigenvalue weighted by molar-refractivity contribution is -0.130. The van der Waals surface area contributed by atoms with Crippen molar-refractivity contribution in [3.8, 4) is 0 Å². The Morgan fingerprint density at radius 1 is 1.29 bits per heavy atom. The first-order valence-electron chi connectivity index (χ1n) is 10.3. The van der Waals surface area contributed by atoms with Gasteiger partial charge in [0.25, 0.3) is 5.91 Å². The highest BCUT2D eigenvalue weighted by Gasteiger charge is 2.32. The summed E-state index contributed by atoms with van der Waals surface area (Å²) in [5.41, 5.74) is 2.56. The van der Waals surface area contributed by atoms with Crippen molar-refractivity contribution in [3.63, 3.8) is 0 Å². The second-order valence-electron chi connectivity index (χ2n) is 8.22. The molecule has 1 aromatic heterocycles. The number of fused-ring (bicyclic) bond motifs is 1. The minimum Gasteiger partial charge on any atom is -0.348 e. The molecule has 150 valence electrons. The second kappa shape index (κ2) is 7.22. The van der Waals surface area contributed by atoms with Crippen LogP contribution in [0.5, 0.6) is 0 Å². The third kappa shape index (κ3) is 3.29. The molecule has 0 spiro atoms. The quantitative estimate of drug-likeness (QED) is 0.870. The molecule has 28 heavy (non-hydrogen) atoms. The lowest BCUT2D eigenvalue weighted by Gasteiger charge is -2.32. The summed E-state index contributed by atoms with van der Waals surface area (Å²) in [4.78, 5) is 31.1. The van der Waals surface area contributed by atoms with E-state index >= 15 is 4.39 Å². The van der Waals surface area contributed by atoms with E-state index in [0.717, 1.165) is 49.6 Å². The monoisotopic (exact) mass is 385 g/mol. The number of aromatic nitrogens is 1. The number of nitrogens with zero attached hydrogens (tertiary/aromatic N) is 2. The smallest absolute Gasteiger partial charge is 0.270 e. The standard InChI is InChI=1S/C22H28FN3O2/c1-4-14-10-17(15-6-5-9-26(12-15)13(2)27)20(23)21-18(14)11-19(24-21)22(28)25(3)16-7-8-16/h10-11,15-16,24H,4-9,12H2,1-3H3/t15-/m0/s1. The third-order valence-electron chi connectivity index (χ3n) is 6.30. The molecule has 1 atom stereocenters. The van der Waals surface area contributed by atoms with E-state index in [1.807, 2.05) is 20.0 Å². The van der Waals surface area contributed by atoms with E-state index in [4.69, 9.17) is 0 Å². The van der Waals surface area contributed by atoms with Crippen molar-refractivity contribution in [2.24, 2.45) is 0 Å². The molecule has 2 amide bonds. The summed E-state index contributed by atoms with van der Waals surface area (Å²) in [5.74, 6) is -0.334. The van der Waals surface area contributed by atoms with E-state index in [2.05, 4.69) is 4.98 Å². The third-order valence-corrected chi connectivity index (χ3v) is 6.30. The van der Waals surface area contributed by atoms with Crippen molar-refractivity contribution in [3.05, 3.63) is 34.8 Å². The highest BCUT2D eigenvalue weighted by Crippen LogP contribution is 2.35. The lowest BCUT2D eigenvalue weighted by Crippen LogP contribution is -2.37. The molecule has 2 heterocycles. The molecule has 1 aliphatic carbocycles. The Labute approximate surface area is 164 Å². The number of nitrogens with one attached hydrogen (secondary N) is 1. The van der Waals surface area contributed by atoms with Crippen LogP contribution in [0.1, 0.15) is 67.1 Å². The first-order chi connectivity index (χ1) is 13.4. The minimum atomic E-state index is -0.282. The number of aromatic amines is 1. The molecule has 4 rings (SSSR count). The van der Waals surface area contributed by atoms with Crippen LogP contribution in [0.4, 0.5) is 4.39 Å². The molecule has 2 aliphatic rings. The van der Waals surface area contributed by atoms with Gasteiger partial charge in [-0.15, -0.1) is 0 Å². The van der Waals surface area contributed by atoms with Crippen LogP contribution < -0.4 is 0 Å². The number of piperidine rings is 1. The molecule has 1 aromatic carbocycles. The van der Waals surface area contributed by atoms with Crippen molar-refractivity contribution in [1.82, 2.24) is 14.8 Å². The fourth-order valence-corrected chi connectivity index (χ4v) is 4.39. The molecule has 0 bridgehead atoms. The Balaban J connectivity index is 1.73. The van der Waals surface area contributed by atoms with Gasteiger partial charge in [0.1, 0.15) is 5.69 Å². The van der Waals surface area contributed by atoms with Crippen LogP contribution in [0, 0.1) is 5.82 Å². The zero-order valence-electron chi connectivity index (χ0n) is 16.8. The van der Waals surface area contributed by atoms with Crippen LogP contribution in [0.15, 0.2) is 12.1 Å². The predicted molar refractivity (Wildman–Crippen MR) is 107 cm³/mol. The summed E-state index contributed by atoms with van der Waals surface area (Å²) >= 11 is 0. The topological polar surface area (TPSA) is 56.4 Å². The summed E-state index contributed by atoms with van der Waals surface area (Å²) in [6.07, 6.45) is 4.58. The zero-order valence-corrected chi connectivity index (χ0v) is 16.8. The maximum Gasteiger partial charge on any atom is 0.270 e. The van der Waals surface area contributed by atoms with Gasteiger partial charge in [0, 0.05) is 44.4 Å². The van der Waals surface area contributed by atoms with Gasteiger partial charge in [-0.1, -0.05) is 13.0 Å². The van der Waals surface area contributed by atoms with E-state index in [1.165, 1.54) is 0 Å². The largest absolute Gasteiger partial charge is 0.348 e. The number of halogens is 1. The van der Waals surface area contributed by atoms with Crippen LogP contribution in [0.2, 0.25) is 0 Å². The number of likely N-dealkylation sites (tertiary alicyclic amines) is 1. The maximum absolute atomic E-state index is 15.5. The van der Waals surface area contributed by atoms with Crippen LogP contribution >= 0.6 is 0 Å². The number of rotatable bonds is 4. The molecule has 1 saturated carbocycles. The summed E-state index contributed by atoms with van der Waals surface area (Å²) in [6.45, 7) is 4.91. The normalized spacial score (nSPS) is 19.9. The summed E-state index contributed by atoms with van der Waals surface area (Å²) in [5, 5.41) is 0.788. The van der Waals surface area contributed by atoms with Crippen LogP contribution in [-0.2, 0) is 11.2 Å². The summed E-state index contributed by atoms with van der Waals surface area (Å²) < 4.78 is 15.5. The number of aryl methyl sites for hydroxylation is 1. The van der Waals surface area contributed by atoms with Gasteiger partial charge in [-0.3, -0.25) is 9.59 Å². The van der Waals surface area contributed by atoms with Crippen LogP contribution in [0.25, 0.3) is 10.9 Å². The summed E-state index contributed by atoms with van der Waals surface area (Å²) in [6, 6.07) is 4.05. The predicted octanol–water partition coefficient (Wildman–Crippen LogP) is 3.83.